The number of thiol groups is 1. The van der Waals surface area contributed by atoms with Crippen LogP contribution in [0.5, 0.6) is 0 Å². The molecule has 31 heavy (non-hydrogen) atoms. The van der Waals surface area contributed by atoms with E-state index in [1.165, 1.54) is 5.04 Å². The molecule has 0 bridgehead atoms. The summed E-state index contributed by atoms with van der Waals surface area (Å²) in [5.74, 6) is -5.87. The first-order chi connectivity index (χ1) is 14.5. The Kier molecular flexibility index (Phi) is 7.05. The molecule has 9 heteroatoms. The number of benzene rings is 1. The maximum Gasteiger partial charge on any atom is 0.310 e. The number of aliphatic imine (C=N–C) groups is 1. The molecule has 0 spiro atoms. The van der Waals surface area contributed by atoms with E-state index < -0.39 is 70.4 Å². The lowest BCUT2D eigenvalue weighted by molar-refractivity contribution is -0.147. The number of carbonyl (C=O) groups is 1. The summed E-state index contributed by atoms with van der Waals surface area (Å²) in [6.07, 6.45) is 0.892. The Bertz CT molecular complexity index is 874. The minimum Gasteiger partial charge on any atom is -0.460 e. The van der Waals surface area contributed by atoms with Crippen LogP contribution < -0.4 is 0 Å². The highest BCUT2D eigenvalue weighted by atomic mass is 32.2. The maximum absolute atomic E-state index is 14.3. The van der Waals surface area contributed by atoms with Crippen LogP contribution in [0.3, 0.4) is 0 Å². The molecule has 3 atom stereocenters. The molecule has 1 heterocycles. The highest BCUT2D eigenvalue weighted by Crippen LogP contribution is 2.66. The molecule has 1 aliphatic heterocycles. The molecule has 1 aliphatic carbocycles. The summed E-state index contributed by atoms with van der Waals surface area (Å²) in [5, 5.41) is 1.26. The van der Waals surface area contributed by atoms with Crippen LogP contribution in [0.2, 0.25) is 0 Å². The number of hydrogen-bond acceptors (Lipinski definition) is 4. The second-order valence-corrected chi connectivity index (χ2v) is 11.5. The molecule has 0 aromatic heterocycles. The Hall–Kier alpha value is -1.61. The highest BCUT2D eigenvalue weighted by molar-refractivity contribution is 8.31. The molecule has 4 nitrogen and oxygen atoms in total. The molecule has 3 unspecified atom stereocenters. The van der Waals surface area contributed by atoms with Gasteiger partial charge in [-0.15, -0.1) is 0 Å². The number of rotatable bonds is 8. The van der Waals surface area contributed by atoms with Gasteiger partial charge in [0.2, 0.25) is 0 Å². The third kappa shape index (κ3) is 4.49. The standard InChI is InChI=1S/C22H29F4NO3S/c1-11(2)8-14-27-6-7-31(14)20-15(22(20,3)4)21(28)30-10-13-18(25)16(23)12(9-29-5)17(24)19(13)26/h11,15,20,31H,6-10H2,1-5H3. The van der Waals surface area contributed by atoms with Gasteiger partial charge in [-0.3, -0.25) is 9.79 Å². The molecule has 0 radical (unpaired) electrons. The fourth-order valence-corrected chi connectivity index (χ4v) is 8.13. The fraction of sp³-hybridized carbons (Fsp3) is 0.636. The first-order valence-electron chi connectivity index (χ1n) is 10.3. The fourth-order valence-electron chi connectivity index (χ4n) is 4.33. The van der Waals surface area contributed by atoms with Crippen molar-refractivity contribution in [1.82, 2.24) is 0 Å². The van der Waals surface area contributed by atoms with E-state index >= 15 is 0 Å². The number of halogens is 4. The van der Waals surface area contributed by atoms with Gasteiger partial charge in [0.15, 0.2) is 23.3 Å². The number of hydrogen-bond donors (Lipinski definition) is 1. The minimum absolute atomic E-state index is 0.0854. The third-order valence-corrected chi connectivity index (χ3v) is 9.31. The van der Waals surface area contributed by atoms with Gasteiger partial charge in [0, 0.05) is 23.9 Å². The van der Waals surface area contributed by atoms with Crippen LogP contribution in [0.25, 0.3) is 0 Å². The number of esters is 1. The average molecular weight is 464 g/mol. The Morgan fingerprint density at radius 2 is 1.65 bits per heavy atom. The van der Waals surface area contributed by atoms with Gasteiger partial charge in [0.25, 0.3) is 0 Å². The predicted molar refractivity (Wildman–Crippen MR) is 113 cm³/mol. The van der Waals surface area contributed by atoms with Crippen LogP contribution in [-0.4, -0.2) is 35.7 Å². The van der Waals surface area contributed by atoms with Crippen LogP contribution in [0.1, 0.15) is 45.2 Å². The Balaban J connectivity index is 1.73. The normalized spacial score (nSPS) is 25.6. The van der Waals surface area contributed by atoms with Crippen molar-refractivity contribution in [2.24, 2.45) is 22.2 Å². The van der Waals surface area contributed by atoms with E-state index in [2.05, 4.69) is 23.6 Å². The van der Waals surface area contributed by atoms with E-state index in [4.69, 9.17) is 4.74 Å². The van der Waals surface area contributed by atoms with Crippen molar-refractivity contribution in [3.05, 3.63) is 34.4 Å². The molecule has 2 aliphatic rings. The molecule has 0 N–H and O–H groups in total. The molecular formula is C22H29F4NO3S. The van der Waals surface area contributed by atoms with Crippen molar-refractivity contribution in [2.45, 2.75) is 52.6 Å². The van der Waals surface area contributed by atoms with Crippen LogP contribution in [0, 0.1) is 40.5 Å². The number of methoxy groups -OCH3 is 1. The topological polar surface area (TPSA) is 47.9 Å². The first kappa shape index (κ1) is 24.0. The number of carbonyl (C=O) groups excluding carboxylic acids is 1. The number of ether oxygens (including phenoxy) is 2. The van der Waals surface area contributed by atoms with E-state index in [9.17, 15) is 22.4 Å². The lowest BCUT2D eigenvalue weighted by atomic mass is 10.1. The zero-order chi connectivity index (χ0) is 23.1. The Labute approximate surface area is 182 Å². The Morgan fingerprint density at radius 3 is 2.16 bits per heavy atom. The van der Waals surface area contributed by atoms with Gasteiger partial charge in [-0.1, -0.05) is 27.7 Å². The van der Waals surface area contributed by atoms with Crippen molar-refractivity contribution in [3.63, 3.8) is 0 Å². The van der Waals surface area contributed by atoms with Crippen LogP contribution in [0.15, 0.2) is 4.99 Å². The smallest absolute Gasteiger partial charge is 0.310 e. The van der Waals surface area contributed by atoms with Gasteiger partial charge < -0.3 is 9.47 Å². The summed E-state index contributed by atoms with van der Waals surface area (Å²) < 4.78 is 66.6. The predicted octanol–water partition coefficient (Wildman–Crippen LogP) is 4.92. The van der Waals surface area contributed by atoms with Crippen molar-refractivity contribution < 1.29 is 31.8 Å². The SMILES string of the molecule is COCc1c(F)c(F)c(COC(=O)C2C([SH]3CCN=C3CC(C)C)C2(C)C)c(F)c1F. The highest BCUT2D eigenvalue weighted by Gasteiger charge is 2.65. The van der Waals surface area contributed by atoms with Crippen LogP contribution in [-0.2, 0) is 27.5 Å². The van der Waals surface area contributed by atoms with Crippen LogP contribution >= 0.6 is 10.9 Å². The largest absolute Gasteiger partial charge is 0.460 e. The molecule has 1 fully saturated rings. The summed E-state index contributed by atoms with van der Waals surface area (Å²) >= 11 is 0. The summed E-state index contributed by atoms with van der Waals surface area (Å²) in [4.78, 5) is 17.4. The van der Waals surface area contributed by atoms with E-state index in [-0.39, 0.29) is 10.7 Å². The first-order valence-corrected chi connectivity index (χ1v) is 11.9. The maximum atomic E-state index is 14.3. The van der Waals surface area contributed by atoms with Gasteiger partial charge in [-0.2, -0.15) is 0 Å². The molecule has 1 aromatic rings. The molecular weight excluding hydrogens is 434 g/mol. The quantitative estimate of drug-likeness (QED) is 0.258. The van der Waals surface area contributed by atoms with E-state index in [0.717, 1.165) is 25.8 Å². The number of nitrogens with zero attached hydrogens (tertiary/aromatic N) is 1. The van der Waals surface area contributed by atoms with E-state index in [1.807, 2.05) is 13.8 Å². The summed E-state index contributed by atoms with van der Waals surface area (Å²) in [6.45, 7) is 7.45. The lowest BCUT2D eigenvalue weighted by Crippen LogP contribution is -2.16. The van der Waals surface area contributed by atoms with Crippen molar-refractivity contribution >= 4 is 21.9 Å². The summed E-state index contributed by atoms with van der Waals surface area (Å²) in [6, 6.07) is 0. The molecule has 174 valence electrons. The van der Waals surface area contributed by atoms with Crippen molar-refractivity contribution in [1.29, 1.82) is 0 Å². The van der Waals surface area contributed by atoms with E-state index in [1.54, 1.807) is 0 Å². The molecule has 3 rings (SSSR count). The third-order valence-electron chi connectivity index (χ3n) is 6.01. The lowest BCUT2D eigenvalue weighted by Gasteiger charge is -2.20. The minimum atomic E-state index is -1.57. The summed E-state index contributed by atoms with van der Waals surface area (Å²) in [5.41, 5.74) is -2.09. The Morgan fingerprint density at radius 1 is 1.10 bits per heavy atom. The van der Waals surface area contributed by atoms with Gasteiger partial charge in [-0.05, 0) is 23.5 Å². The van der Waals surface area contributed by atoms with Crippen molar-refractivity contribution in [3.8, 4) is 0 Å². The monoisotopic (exact) mass is 463 g/mol. The second-order valence-electron chi connectivity index (χ2n) is 9.09. The molecule has 0 saturated heterocycles. The van der Waals surface area contributed by atoms with Gasteiger partial charge in [0.05, 0.1) is 23.7 Å². The van der Waals surface area contributed by atoms with Gasteiger partial charge in [0.1, 0.15) is 6.61 Å². The molecule has 1 saturated carbocycles. The van der Waals surface area contributed by atoms with E-state index in [0.29, 0.717) is 5.92 Å². The average Bonchev–Trinajstić information content (AvgIpc) is 3.02. The second kappa shape index (κ2) is 9.10. The van der Waals surface area contributed by atoms with Crippen molar-refractivity contribution in [2.75, 3.05) is 19.4 Å². The van der Waals surface area contributed by atoms with Gasteiger partial charge >= 0.3 is 5.97 Å². The summed E-state index contributed by atoms with van der Waals surface area (Å²) in [7, 11) is 0.576. The van der Waals surface area contributed by atoms with Crippen LogP contribution in [0.4, 0.5) is 17.6 Å². The zero-order valence-corrected chi connectivity index (χ0v) is 19.3. The molecule has 1 aromatic carbocycles. The van der Waals surface area contributed by atoms with Gasteiger partial charge in [-0.25, -0.2) is 28.5 Å². The molecule has 0 amide bonds. The zero-order valence-electron chi connectivity index (χ0n) is 18.4.